The fraction of sp³-hybridized carbons (Fsp3) is 0.143. The van der Waals surface area contributed by atoms with E-state index in [2.05, 4.69) is 0 Å². The molecule has 2 rings (SSSR count). The number of halogens is 1. The van der Waals surface area contributed by atoms with Crippen LogP contribution in [0.25, 0.3) is 0 Å². The first kappa shape index (κ1) is 14.5. The average Bonchev–Trinajstić information content (AvgIpc) is 2.47. The molecule has 0 saturated carbocycles. The van der Waals surface area contributed by atoms with E-state index in [1.807, 2.05) is 0 Å². The van der Waals surface area contributed by atoms with Gasteiger partial charge in [0.1, 0.15) is 5.82 Å². The highest BCUT2D eigenvalue weighted by atomic mass is 32.2. The Morgan fingerprint density at radius 1 is 1.15 bits per heavy atom. The summed E-state index contributed by atoms with van der Waals surface area (Å²) >= 11 is 0. The summed E-state index contributed by atoms with van der Waals surface area (Å²) in [5.41, 5.74) is 0.454. The molecule has 6 heteroatoms. The third kappa shape index (κ3) is 2.66. The van der Waals surface area contributed by atoms with Crippen molar-refractivity contribution in [1.29, 1.82) is 0 Å². The standard InChI is InChI=1S/C14H14FNO3S/c1-16(12-5-3-2-4-6-12)20(18,19)13-7-8-14(15)11(9-13)10-17/h2-9,17H,10H2,1H3. The van der Waals surface area contributed by atoms with Gasteiger partial charge in [0.25, 0.3) is 10.0 Å². The van der Waals surface area contributed by atoms with E-state index in [-0.39, 0.29) is 10.5 Å². The van der Waals surface area contributed by atoms with Crippen LogP contribution in [0.3, 0.4) is 0 Å². The minimum atomic E-state index is -3.79. The molecular weight excluding hydrogens is 281 g/mol. The molecule has 0 aliphatic rings. The lowest BCUT2D eigenvalue weighted by molar-refractivity contribution is 0.275. The topological polar surface area (TPSA) is 57.6 Å². The first-order valence-electron chi connectivity index (χ1n) is 5.90. The molecule has 1 N–H and O–H groups in total. The van der Waals surface area contributed by atoms with E-state index in [0.29, 0.717) is 5.69 Å². The Kier molecular flexibility index (Phi) is 4.06. The maximum absolute atomic E-state index is 13.3. The molecule has 0 saturated heterocycles. The van der Waals surface area contributed by atoms with E-state index in [0.717, 1.165) is 16.4 Å². The highest BCUT2D eigenvalue weighted by Crippen LogP contribution is 2.23. The van der Waals surface area contributed by atoms with Gasteiger partial charge in [-0.15, -0.1) is 0 Å². The third-order valence-corrected chi connectivity index (χ3v) is 4.75. The Morgan fingerprint density at radius 3 is 2.40 bits per heavy atom. The third-order valence-electron chi connectivity index (χ3n) is 2.97. The van der Waals surface area contributed by atoms with Crippen molar-refractivity contribution >= 4 is 15.7 Å². The molecule has 4 nitrogen and oxygen atoms in total. The molecule has 106 valence electrons. The van der Waals surface area contributed by atoms with Gasteiger partial charge in [-0.2, -0.15) is 0 Å². The van der Waals surface area contributed by atoms with E-state index in [4.69, 9.17) is 5.11 Å². The van der Waals surface area contributed by atoms with Gasteiger partial charge in [-0.25, -0.2) is 12.8 Å². The van der Waals surface area contributed by atoms with E-state index in [1.165, 1.54) is 13.1 Å². The van der Waals surface area contributed by atoms with Crippen LogP contribution in [0.5, 0.6) is 0 Å². The maximum Gasteiger partial charge on any atom is 0.264 e. The summed E-state index contributed by atoms with van der Waals surface area (Å²) in [6.07, 6.45) is 0. The van der Waals surface area contributed by atoms with Gasteiger partial charge in [0, 0.05) is 12.6 Å². The summed E-state index contributed by atoms with van der Waals surface area (Å²) < 4.78 is 39.3. The second-order valence-electron chi connectivity index (χ2n) is 4.22. The van der Waals surface area contributed by atoms with Crippen LogP contribution in [-0.2, 0) is 16.6 Å². The molecule has 0 amide bonds. The highest BCUT2D eigenvalue weighted by Gasteiger charge is 2.22. The number of anilines is 1. The average molecular weight is 295 g/mol. The number of para-hydroxylation sites is 1. The van der Waals surface area contributed by atoms with Gasteiger partial charge in [-0.05, 0) is 30.3 Å². The normalized spacial score (nSPS) is 11.3. The van der Waals surface area contributed by atoms with Crippen LogP contribution in [0.1, 0.15) is 5.56 Å². The largest absolute Gasteiger partial charge is 0.392 e. The number of hydrogen-bond donors (Lipinski definition) is 1. The van der Waals surface area contributed by atoms with Crippen molar-refractivity contribution in [2.75, 3.05) is 11.4 Å². The first-order chi connectivity index (χ1) is 9.46. The summed E-state index contributed by atoms with van der Waals surface area (Å²) in [4.78, 5) is -0.0608. The minimum Gasteiger partial charge on any atom is -0.392 e. The lowest BCUT2D eigenvalue weighted by atomic mass is 10.2. The molecule has 0 aliphatic heterocycles. The number of rotatable bonds is 4. The van der Waals surface area contributed by atoms with Crippen molar-refractivity contribution in [1.82, 2.24) is 0 Å². The lowest BCUT2D eigenvalue weighted by Crippen LogP contribution is -2.26. The number of aliphatic hydroxyl groups excluding tert-OH is 1. The SMILES string of the molecule is CN(c1ccccc1)S(=O)(=O)c1ccc(F)c(CO)c1. The zero-order valence-corrected chi connectivity index (χ0v) is 11.6. The van der Waals surface area contributed by atoms with Crippen LogP contribution in [-0.4, -0.2) is 20.6 Å². The number of sulfonamides is 1. The first-order valence-corrected chi connectivity index (χ1v) is 7.34. The van der Waals surface area contributed by atoms with Crippen LogP contribution in [0.2, 0.25) is 0 Å². The molecule has 0 fully saturated rings. The molecule has 0 bridgehead atoms. The molecule has 2 aromatic rings. The van der Waals surface area contributed by atoms with Crippen molar-refractivity contribution in [2.24, 2.45) is 0 Å². The molecule has 0 radical (unpaired) electrons. The highest BCUT2D eigenvalue weighted by molar-refractivity contribution is 7.92. The predicted molar refractivity (Wildman–Crippen MR) is 74.4 cm³/mol. The number of hydrogen-bond acceptors (Lipinski definition) is 3. The Morgan fingerprint density at radius 2 is 1.80 bits per heavy atom. The zero-order valence-electron chi connectivity index (χ0n) is 10.8. The van der Waals surface area contributed by atoms with Gasteiger partial charge in [-0.1, -0.05) is 18.2 Å². The van der Waals surface area contributed by atoms with Crippen molar-refractivity contribution in [3.05, 3.63) is 59.9 Å². The van der Waals surface area contributed by atoms with E-state index < -0.39 is 22.4 Å². The minimum absolute atomic E-state index is 0.0486. The smallest absolute Gasteiger partial charge is 0.264 e. The van der Waals surface area contributed by atoms with Crippen LogP contribution in [0, 0.1) is 5.82 Å². The molecule has 0 aromatic heterocycles. The van der Waals surface area contributed by atoms with Gasteiger partial charge in [0.15, 0.2) is 0 Å². The second-order valence-corrected chi connectivity index (χ2v) is 6.19. The molecule has 0 heterocycles. The van der Waals surface area contributed by atoms with E-state index in [1.54, 1.807) is 30.3 Å². The monoisotopic (exact) mass is 295 g/mol. The molecule has 0 aliphatic carbocycles. The Hall–Kier alpha value is -1.92. The Bertz CT molecular complexity index is 702. The molecule has 0 atom stereocenters. The van der Waals surface area contributed by atoms with Gasteiger partial charge in [-0.3, -0.25) is 4.31 Å². The number of benzene rings is 2. The van der Waals surface area contributed by atoms with Crippen LogP contribution < -0.4 is 4.31 Å². The Labute approximate surface area is 117 Å². The van der Waals surface area contributed by atoms with Crippen LogP contribution >= 0.6 is 0 Å². The number of aliphatic hydroxyl groups is 1. The molecule has 0 spiro atoms. The fourth-order valence-electron chi connectivity index (χ4n) is 1.77. The summed E-state index contributed by atoms with van der Waals surface area (Å²) in [5.74, 6) is -0.631. The van der Waals surface area contributed by atoms with E-state index in [9.17, 15) is 12.8 Å². The predicted octanol–water partition coefficient (Wildman–Crippen LogP) is 2.14. The van der Waals surface area contributed by atoms with Gasteiger partial charge in [0.2, 0.25) is 0 Å². The van der Waals surface area contributed by atoms with Gasteiger partial charge >= 0.3 is 0 Å². The quantitative estimate of drug-likeness (QED) is 0.940. The van der Waals surface area contributed by atoms with E-state index >= 15 is 0 Å². The van der Waals surface area contributed by atoms with Crippen molar-refractivity contribution in [2.45, 2.75) is 11.5 Å². The van der Waals surface area contributed by atoms with Crippen molar-refractivity contribution in [3.63, 3.8) is 0 Å². The van der Waals surface area contributed by atoms with Crippen molar-refractivity contribution in [3.8, 4) is 0 Å². The zero-order chi connectivity index (χ0) is 14.8. The number of nitrogens with zero attached hydrogens (tertiary/aromatic N) is 1. The summed E-state index contributed by atoms with van der Waals surface area (Å²) in [7, 11) is -2.36. The van der Waals surface area contributed by atoms with Crippen molar-refractivity contribution < 1.29 is 17.9 Å². The van der Waals surface area contributed by atoms with Crippen LogP contribution in [0.15, 0.2) is 53.4 Å². The summed E-state index contributed by atoms with van der Waals surface area (Å²) in [6.45, 7) is -0.551. The van der Waals surface area contributed by atoms with Gasteiger partial charge in [0.05, 0.1) is 17.2 Å². The molecule has 0 unspecified atom stereocenters. The fourth-order valence-corrected chi connectivity index (χ4v) is 3.01. The molecular formula is C14H14FNO3S. The summed E-state index contributed by atoms with van der Waals surface area (Å²) in [6, 6.07) is 11.9. The second kappa shape index (κ2) is 5.60. The molecule has 20 heavy (non-hydrogen) atoms. The summed E-state index contributed by atoms with van der Waals surface area (Å²) in [5, 5.41) is 9.02. The lowest BCUT2D eigenvalue weighted by Gasteiger charge is -2.19. The maximum atomic E-state index is 13.3. The Balaban J connectivity index is 2.45. The van der Waals surface area contributed by atoms with Crippen LogP contribution in [0.4, 0.5) is 10.1 Å². The van der Waals surface area contributed by atoms with Gasteiger partial charge < -0.3 is 5.11 Å². The molecule has 2 aromatic carbocycles.